The first-order chi connectivity index (χ1) is 15.6. The van der Waals surface area contributed by atoms with Crippen molar-refractivity contribution >= 4 is 5.91 Å². The summed E-state index contributed by atoms with van der Waals surface area (Å²) >= 11 is 0. The number of hydrogen-bond acceptors (Lipinski definition) is 4. The van der Waals surface area contributed by atoms with Crippen molar-refractivity contribution in [2.75, 3.05) is 20.2 Å². The van der Waals surface area contributed by atoms with Crippen molar-refractivity contribution in [3.05, 3.63) is 96.1 Å². The Morgan fingerprint density at radius 2 is 1.56 bits per heavy atom. The highest BCUT2D eigenvalue weighted by Crippen LogP contribution is 2.36. The molecule has 1 aliphatic heterocycles. The molecule has 0 aromatic heterocycles. The standard InChI is InChI=1S/C27H26N2O3/c1-31-23-13-8-14-24(17-23)32-25-18-29(19-25)26(30)15-16-27(20-28,21-9-4-2-5-10-21)22-11-6-3-7-12-22/h2-14,17,25H,15-16,18-19H2,1H3. The van der Waals surface area contributed by atoms with Gasteiger partial charge >= 0.3 is 0 Å². The zero-order chi connectivity index (χ0) is 22.4. The lowest BCUT2D eigenvalue weighted by molar-refractivity contribution is -0.140. The minimum absolute atomic E-state index is 0.0324. The van der Waals surface area contributed by atoms with E-state index in [1.807, 2.05) is 84.9 Å². The van der Waals surface area contributed by atoms with Crippen LogP contribution in [0.4, 0.5) is 0 Å². The van der Waals surface area contributed by atoms with E-state index in [1.54, 1.807) is 12.0 Å². The minimum Gasteiger partial charge on any atom is -0.497 e. The number of amides is 1. The maximum absolute atomic E-state index is 12.9. The average Bonchev–Trinajstić information content (AvgIpc) is 2.83. The summed E-state index contributed by atoms with van der Waals surface area (Å²) in [5.41, 5.74) is 0.952. The first-order valence-corrected chi connectivity index (χ1v) is 10.8. The van der Waals surface area contributed by atoms with E-state index in [-0.39, 0.29) is 12.0 Å². The fourth-order valence-corrected chi connectivity index (χ4v) is 4.12. The van der Waals surface area contributed by atoms with E-state index in [1.165, 1.54) is 0 Å². The Balaban J connectivity index is 1.40. The van der Waals surface area contributed by atoms with Crippen LogP contribution in [0.2, 0.25) is 0 Å². The maximum atomic E-state index is 12.9. The van der Waals surface area contributed by atoms with Crippen LogP contribution >= 0.6 is 0 Å². The second kappa shape index (κ2) is 9.57. The van der Waals surface area contributed by atoms with Gasteiger partial charge in [0.2, 0.25) is 5.91 Å². The molecule has 3 aromatic carbocycles. The van der Waals surface area contributed by atoms with Gasteiger partial charge in [-0.3, -0.25) is 4.79 Å². The van der Waals surface area contributed by atoms with Crippen LogP contribution in [0.25, 0.3) is 0 Å². The van der Waals surface area contributed by atoms with Crippen LogP contribution in [-0.4, -0.2) is 37.1 Å². The Morgan fingerprint density at radius 3 is 2.12 bits per heavy atom. The molecule has 3 aromatic rings. The Kier molecular flexibility index (Phi) is 6.42. The van der Waals surface area contributed by atoms with Crippen LogP contribution in [0.15, 0.2) is 84.9 Å². The predicted octanol–water partition coefficient (Wildman–Crippen LogP) is 4.57. The molecule has 1 aliphatic rings. The summed E-state index contributed by atoms with van der Waals surface area (Å²) in [5.74, 6) is 1.52. The van der Waals surface area contributed by atoms with Crippen LogP contribution in [0.1, 0.15) is 24.0 Å². The molecule has 0 radical (unpaired) electrons. The van der Waals surface area contributed by atoms with E-state index >= 15 is 0 Å². The second-order valence-corrected chi connectivity index (χ2v) is 7.97. The molecule has 0 N–H and O–H groups in total. The van der Waals surface area contributed by atoms with Crippen molar-refractivity contribution in [2.45, 2.75) is 24.4 Å². The number of likely N-dealkylation sites (tertiary alicyclic amines) is 1. The highest BCUT2D eigenvalue weighted by molar-refractivity contribution is 5.77. The van der Waals surface area contributed by atoms with E-state index in [4.69, 9.17) is 9.47 Å². The van der Waals surface area contributed by atoms with Gasteiger partial charge in [0.05, 0.1) is 26.3 Å². The third-order valence-electron chi connectivity index (χ3n) is 5.98. The van der Waals surface area contributed by atoms with Crippen LogP contribution in [0.3, 0.4) is 0 Å². The molecular weight excluding hydrogens is 400 g/mol. The van der Waals surface area contributed by atoms with Gasteiger partial charge in [-0.05, 0) is 29.7 Å². The molecule has 0 spiro atoms. The van der Waals surface area contributed by atoms with Gasteiger partial charge in [0, 0.05) is 12.5 Å². The highest BCUT2D eigenvalue weighted by atomic mass is 16.5. The molecule has 0 atom stereocenters. The smallest absolute Gasteiger partial charge is 0.222 e. The third-order valence-corrected chi connectivity index (χ3v) is 5.98. The summed E-state index contributed by atoms with van der Waals surface area (Å²) in [6.45, 7) is 1.10. The van der Waals surface area contributed by atoms with Crippen LogP contribution < -0.4 is 9.47 Å². The monoisotopic (exact) mass is 426 g/mol. The Hall–Kier alpha value is -3.78. The lowest BCUT2D eigenvalue weighted by Gasteiger charge is -2.39. The minimum atomic E-state index is -0.862. The SMILES string of the molecule is COc1cccc(OC2CN(C(=O)CCC(C#N)(c3ccccc3)c3ccccc3)C2)c1. The van der Waals surface area contributed by atoms with Crippen molar-refractivity contribution < 1.29 is 14.3 Å². The van der Waals surface area contributed by atoms with Crippen molar-refractivity contribution in [3.63, 3.8) is 0 Å². The Labute approximate surface area is 188 Å². The summed E-state index contributed by atoms with van der Waals surface area (Å²) in [4.78, 5) is 14.7. The molecule has 162 valence electrons. The maximum Gasteiger partial charge on any atom is 0.222 e. The van der Waals surface area contributed by atoms with E-state index in [0.717, 1.165) is 22.6 Å². The van der Waals surface area contributed by atoms with Gasteiger partial charge in [0.25, 0.3) is 0 Å². The number of nitrogens with zero attached hydrogens (tertiary/aromatic N) is 2. The van der Waals surface area contributed by atoms with Crippen LogP contribution in [-0.2, 0) is 10.2 Å². The van der Waals surface area contributed by atoms with E-state index in [9.17, 15) is 10.1 Å². The number of carbonyl (C=O) groups is 1. The topological polar surface area (TPSA) is 62.6 Å². The number of ether oxygens (including phenoxy) is 2. The van der Waals surface area contributed by atoms with Gasteiger partial charge in [0.1, 0.15) is 23.0 Å². The van der Waals surface area contributed by atoms with Gasteiger partial charge in [-0.25, -0.2) is 0 Å². The van der Waals surface area contributed by atoms with Gasteiger partial charge < -0.3 is 14.4 Å². The molecule has 32 heavy (non-hydrogen) atoms. The molecule has 5 heteroatoms. The molecular formula is C27H26N2O3. The van der Waals surface area contributed by atoms with E-state index in [2.05, 4.69) is 6.07 Å². The molecule has 0 saturated carbocycles. The number of methoxy groups -OCH3 is 1. The molecule has 0 aliphatic carbocycles. The average molecular weight is 427 g/mol. The highest BCUT2D eigenvalue weighted by Gasteiger charge is 2.37. The number of carbonyl (C=O) groups excluding carboxylic acids is 1. The summed E-state index contributed by atoms with van der Waals surface area (Å²) in [7, 11) is 1.62. The molecule has 1 heterocycles. The Morgan fingerprint density at radius 1 is 0.969 bits per heavy atom. The molecule has 0 unspecified atom stereocenters. The lowest BCUT2D eigenvalue weighted by Crippen LogP contribution is -2.56. The predicted molar refractivity (Wildman–Crippen MR) is 123 cm³/mol. The molecule has 5 nitrogen and oxygen atoms in total. The normalized spacial score (nSPS) is 13.7. The van der Waals surface area contributed by atoms with Crippen molar-refractivity contribution in [3.8, 4) is 17.6 Å². The van der Waals surface area contributed by atoms with Crippen molar-refractivity contribution in [2.24, 2.45) is 0 Å². The van der Waals surface area contributed by atoms with Gasteiger partial charge in [-0.1, -0.05) is 66.7 Å². The van der Waals surface area contributed by atoms with E-state index < -0.39 is 5.41 Å². The summed E-state index contributed by atoms with van der Waals surface area (Å²) in [5, 5.41) is 10.2. The fraction of sp³-hybridized carbons (Fsp3) is 0.259. The number of rotatable bonds is 8. The second-order valence-electron chi connectivity index (χ2n) is 7.97. The fourth-order valence-electron chi connectivity index (χ4n) is 4.12. The number of nitriles is 1. The quantitative estimate of drug-likeness (QED) is 0.529. The van der Waals surface area contributed by atoms with Gasteiger partial charge in [0.15, 0.2) is 0 Å². The largest absolute Gasteiger partial charge is 0.497 e. The van der Waals surface area contributed by atoms with Crippen LogP contribution in [0, 0.1) is 11.3 Å². The third kappa shape index (κ3) is 4.45. The van der Waals surface area contributed by atoms with Gasteiger partial charge in [-0.2, -0.15) is 5.26 Å². The molecule has 1 fully saturated rings. The lowest BCUT2D eigenvalue weighted by atomic mass is 9.72. The van der Waals surface area contributed by atoms with Crippen LogP contribution in [0.5, 0.6) is 11.5 Å². The zero-order valence-corrected chi connectivity index (χ0v) is 18.1. The van der Waals surface area contributed by atoms with Crippen molar-refractivity contribution in [1.29, 1.82) is 5.26 Å². The molecule has 1 saturated heterocycles. The first kappa shape index (κ1) is 21.5. The number of benzene rings is 3. The molecule has 0 bridgehead atoms. The molecule has 1 amide bonds. The summed E-state index contributed by atoms with van der Waals surface area (Å²) in [6.07, 6.45) is 0.687. The molecule has 4 rings (SSSR count). The first-order valence-electron chi connectivity index (χ1n) is 10.8. The summed E-state index contributed by atoms with van der Waals surface area (Å²) in [6, 6.07) is 29.4. The summed E-state index contributed by atoms with van der Waals surface area (Å²) < 4.78 is 11.2. The Bertz CT molecular complexity index is 1050. The van der Waals surface area contributed by atoms with E-state index in [0.29, 0.717) is 25.9 Å². The van der Waals surface area contributed by atoms with Gasteiger partial charge in [-0.15, -0.1) is 0 Å². The zero-order valence-electron chi connectivity index (χ0n) is 18.1. The number of hydrogen-bond donors (Lipinski definition) is 0. The van der Waals surface area contributed by atoms with Crippen molar-refractivity contribution in [1.82, 2.24) is 4.90 Å².